The number of nitrogens with zero attached hydrogens (tertiary/aromatic N) is 1. The number of aryl methyl sites for hydroxylation is 1. The molecule has 170 valence electrons. The third-order valence-electron chi connectivity index (χ3n) is 7.38. The Bertz CT molecular complexity index is 877. The quantitative estimate of drug-likeness (QED) is 0.376. The lowest BCUT2D eigenvalue weighted by Crippen LogP contribution is -2.48. The fourth-order valence-corrected chi connectivity index (χ4v) is 11.5. The summed E-state index contributed by atoms with van der Waals surface area (Å²) in [6.45, 7) is 15.6. The molecule has 0 saturated carbocycles. The first kappa shape index (κ1) is 24.1. The van der Waals surface area contributed by atoms with Crippen molar-refractivity contribution in [3.05, 3.63) is 64.7 Å². The normalized spacial score (nSPS) is 22.1. The minimum atomic E-state index is -2.10. The van der Waals surface area contributed by atoms with Gasteiger partial charge in [0.15, 0.2) is 0 Å². The van der Waals surface area contributed by atoms with Crippen LogP contribution in [0.5, 0.6) is 0 Å². The number of benzene rings is 1. The van der Waals surface area contributed by atoms with Gasteiger partial charge in [0.25, 0.3) is 0 Å². The summed E-state index contributed by atoms with van der Waals surface area (Å²) in [5, 5.41) is 0. The molecule has 1 heterocycles. The van der Waals surface area contributed by atoms with Gasteiger partial charge >= 0.3 is 0 Å². The molecule has 0 aliphatic heterocycles. The van der Waals surface area contributed by atoms with Crippen LogP contribution in [0.1, 0.15) is 94.8 Å². The summed E-state index contributed by atoms with van der Waals surface area (Å²) >= 11 is 0. The maximum atomic E-state index is 15.1. The number of aromatic nitrogens is 1. The lowest BCUT2D eigenvalue weighted by atomic mass is 9.85. The van der Waals surface area contributed by atoms with Crippen LogP contribution in [0, 0.1) is 12.7 Å². The van der Waals surface area contributed by atoms with Gasteiger partial charge in [0.1, 0.15) is 5.82 Å². The van der Waals surface area contributed by atoms with Gasteiger partial charge in [0.2, 0.25) is 8.32 Å². The van der Waals surface area contributed by atoms with Gasteiger partial charge in [-0.15, -0.1) is 0 Å². The first-order chi connectivity index (χ1) is 14.6. The lowest BCUT2D eigenvalue weighted by molar-refractivity contribution is 0.159. The summed E-state index contributed by atoms with van der Waals surface area (Å²) in [5.41, 5.74) is 11.6. The van der Waals surface area contributed by atoms with Crippen molar-refractivity contribution in [3.63, 3.8) is 0 Å². The summed E-state index contributed by atoms with van der Waals surface area (Å²) in [6.07, 6.45) is 3.32. The van der Waals surface area contributed by atoms with Crippen LogP contribution in [0.2, 0.25) is 16.6 Å². The van der Waals surface area contributed by atoms with Crippen molar-refractivity contribution < 1.29 is 8.82 Å². The summed E-state index contributed by atoms with van der Waals surface area (Å²) in [6, 6.07) is 9.32. The Kier molecular flexibility index (Phi) is 7.39. The molecule has 2 aromatic rings. The van der Waals surface area contributed by atoms with E-state index < -0.39 is 8.32 Å². The summed E-state index contributed by atoms with van der Waals surface area (Å²) in [7, 11) is -2.10. The fraction of sp³-hybridized carbons (Fsp3) is 0.577. The zero-order valence-electron chi connectivity index (χ0n) is 20.2. The second-order valence-electron chi connectivity index (χ2n) is 10.1. The molecule has 0 unspecified atom stereocenters. The van der Waals surface area contributed by atoms with Crippen molar-refractivity contribution in [2.45, 2.75) is 96.0 Å². The third-order valence-corrected chi connectivity index (χ3v) is 13.5. The Balaban J connectivity index is 2.06. The smallest absolute Gasteiger partial charge is 0.201 e. The van der Waals surface area contributed by atoms with Gasteiger partial charge in [-0.25, -0.2) is 4.39 Å². The van der Waals surface area contributed by atoms with Crippen LogP contribution in [-0.2, 0) is 4.43 Å². The molecule has 3 nitrogen and oxygen atoms in total. The average molecular weight is 443 g/mol. The van der Waals surface area contributed by atoms with E-state index in [-0.39, 0.29) is 23.9 Å². The summed E-state index contributed by atoms with van der Waals surface area (Å²) in [5.74, 6) is -0.229. The molecule has 5 heteroatoms. The zero-order chi connectivity index (χ0) is 22.9. The maximum Gasteiger partial charge on any atom is 0.201 e. The van der Waals surface area contributed by atoms with Gasteiger partial charge in [-0.3, -0.25) is 4.98 Å². The van der Waals surface area contributed by atoms with Crippen LogP contribution in [0.4, 0.5) is 4.39 Å². The molecule has 0 radical (unpaired) electrons. The molecule has 1 aromatic carbocycles. The Morgan fingerprint density at radius 3 is 2.19 bits per heavy atom. The highest BCUT2D eigenvalue weighted by atomic mass is 28.4. The molecule has 3 rings (SSSR count). The van der Waals surface area contributed by atoms with Crippen molar-refractivity contribution in [1.82, 2.24) is 4.98 Å². The second-order valence-corrected chi connectivity index (χ2v) is 15.5. The molecule has 2 N–H and O–H groups in total. The van der Waals surface area contributed by atoms with Crippen LogP contribution in [0.15, 0.2) is 36.5 Å². The Labute approximate surface area is 188 Å². The number of hydrogen-bond acceptors (Lipinski definition) is 3. The van der Waals surface area contributed by atoms with Crippen molar-refractivity contribution in [2.75, 3.05) is 0 Å². The molecular weight excluding hydrogens is 403 g/mol. The second kappa shape index (κ2) is 9.51. The number of rotatable bonds is 6. The predicted molar refractivity (Wildman–Crippen MR) is 129 cm³/mol. The van der Waals surface area contributed by atoms with Crippen molar-refractivity contribution >= 4 is 8.32 Å². The van der Waals surface area contributed by atoms with E-state index in [0.29, 0.717) is 27.8 Å². The van der Waals surface area contributed by atoms with Crippen molar-refractivity contribution in [3.8, 4) is 0 Å². The number of fused-ring (bicyclic) bond motifs is 1. The highest BCUT2D eigenvalue weighted by Crippen LogP contribution is 2.49. The zero-order valence-corrected chi connectivity index (χ0v) is 21.2. The average Bonchev–Trinajstić information content (AvgIpc) is 2.84. The van der Waals surface area contributed by atoms with E-state index in [1.165, 1.54) is 0 Å². The number of hydrogen-bond donors (Lipinski definition) is 1. The monoisotopic (exact) mass is 442 g/mol. The maximum absolute atomic E-state index is 15.1. The Morgan fingerprint density at radius 2 is 1.58 bits per heavy atom. The molecular formula is C26H39FN2OSi. The van der Waals surface area contributed by atoms with E-state index >= 15 is 4.39 Å². The van der Waals surface area contributed by atoms with Crippen molar-refractivity contribution in [1.29, 1.82) is 0 Å². The Morgan fingerprint density at radius 1 is 0.968 bits per heavy atom. The minimum Gasteiger partial charge on any atom is -0.408 e. The Hall–Kier alpha value is -1.56. The van der Waals surface area contributed by atoms with E-state index in [1.54, 1.807) is 0 Å². The number of nitrogens with two attached hydrogens (primary N) is 1. The lowest BCUT2D eigenvalue weighted by Gasteiger charge is -2.44. The van der Waals surface area contributed by atoms with Gasteiger partial charge in [-0.05, 0) is 59.1 Å². The van der Waals surface area contributed by atoms with Gasteiger partial charge in [-0.2, -0.15) is 0 Å². The van der Waals surface area contributed by atoms with E-state index in [4.69, 9.17) is 15.1 Å². The first-order valence-electron chi connectivity index (χ1n) is 11.7. The molecule has 0 bridgehead atoms. The van der Waals surface area contributed by atoms with Crippen LogP contribution in [0.3, 0.4) is 0 Å². The highest BCUT2D eigenvalue weighted by molar-refractivity contribution is 6.77. The molecule has 0 amide bonds. The first-order valence-corrected chi connectivity index (χ1v) is 13.9. The molecule has 1 aliphatic rings. The van der Waals surface area contributed by atoms with Crippen molar-refractivity contribution in [2.24, 2.45) is 5.73 Å². The SMILES string of the molecule is Cc1cccc([C@@H]2CC[C@@H](O[Si](C(C)C)(C(C)C)C(C)C)c3ncccc3[C@H]2N)c1F. The third kappa shape index (κ3) is 4.37. The molecule has 31 heavy (non-hydrogen) atoms. The van der Waals surface area contributed by atoms with Gasteiger partial charge in [0, 0.05) is 18.2 Å². The number of halogens is 1. The van der Waals surface area contributed by atoms with E-state index in [9.17, 15) is 0 Å². The minimum absolute atomic E-state index is 0.0929. The van der Waals surface area contributed by atoms with Gasteiger partial charge < -0.3 is 10.2 Å². The number of pyridine rings is 1. The van der Waals surface area contributed by atoms with E-state index in [2.05, 4.69) is 47.6 Å². The standard InChI is InChI=1S/C26H39FN2OSi/c1-16(2)31(17(3)4,18(5)6)30-23-14-13-21(20-11-8-10-19(7)24(20)27)25(28)22-12-9-15-29-26(22)23/h8-12,15-18,21,23,25H,13-14,28H2,1-7H3/t21-,23+,25-/m0/s1. The molecule has 0 fully saturated rings. The topological polar surface area (TPSA) is 48.1 Å². The van der Waals surface area contributed by atoms with Crippen LogP contribution in [0.25, 0.3) is 0 Å². The molecule has 1 aliphatic carbocycles. The van der Waals surface area contributed by atoms with Crippen LogP contribution >= 0.6 is 0 Å². The summed E-state index contributed by atoms with van der Waals surface area (Å²) < 4.78 is 22.2. The molecule has 1 aromatic heterocycles. The molecule has 0 spiro atoms. The largest absolute Gasteiger partial charge is 0.408 e. The predicted octanol–water partition coefficient (Wildman–Crippen LogP) is 7.34. The van der Waals surface area contributed by atoms with Gasteiger partial charge in [-0.1, -0.05) is 65.8 Å². The van der Waals surface area contributed by atoms with Gasteiger partial charge in [0.05, 0.1) is 11.8 Å². The highest BCUT2D eigenvalue weighted by Gasteiger charge is 2.48. The van der Waals surface area contributed by atoms with Crippen LogP contribution in [-0.4, -0.2) is 13.3 Å². The fourth-order valence-electron chi connectivity index (χ4n) is 5.92. The van der Waals surface area contributed by atoms with E-state index in [1.807, 2.05) is 37.4 Å². The van der Waals surface area contributed by atoms with E-state index in [0.717, 1.165) is 24.1 Å². The summed E-state index contributed by atoms with van der Waals surface area (Å²) in [4.78, 5) is 4.76. The van der Waals surface area contributed by atoms with Crippen LogP contribution < -0.4 is 5.73 Å². The molecule has 3 atom stereocenters. The molecule has 0 saturated heterocycles.